The fourth-order valence-electron chi connectivity index (χ4n) is 5.87. The molecule has 0 saturated heterocycles. The lowest BCUT2D eigenvalue weighted by atomic mass is 9.78. The van der Waals surface area contributed by atoms with Crippen LogP contribution in [0.25, 0.3) is 0 Å². The molecular weight excluding hydrogens is 551 g/mol. The van der Waals surface area contributed by atoms with Crippen LogP contribution in [0.1, 0.15) is 76.0 Å². The molecule has 0 bridgehead atoms. The summed E-state index contributed by atoms with van der Waals surface area (Å²) in [5.74, 6) is 3.62. The summed E-state index contributed by atoms with van der Waals surface area (Å²) in [5.41, 5.74) is 3.53. The van der Waals surface area contributed by atoms with Crippen LogP contribution in [0.3, 0.4) is 0 Å². The summed E-state index contributed by atoms with van der Waals surface area (Å²) in [6.07, 6.45) is 10.8. The van der Waals surface area contributed by atoms with Gasteiger partial charge in [0.2, 0.25) is 6.29 Å². The van der Waals surface area contributed by atoms with E-state index in [0.717, 1.165) is 86.4 Å². The highest BCUT2D eigenvalue weighted by Crippen LogP contribution is 2.50. The smallest absolute Gasteiger partial charge is 0.203 e. The van der Waals surface area contributed by atoms with Crippen LogP contribution in [-0.4, -0.2) is 50.4 Å². The van der Waals surface area contributed by atoms with Crippen molar-refractivity contribution in [3.63, 3.8) is 0 Å². The van der Waals surface area contributed by atoms with E-state index in [2.05, 4.69) is 122 Å². The van der Waals surface area contributed by atoms with E-state index in [1.165, 1.54) is 0 Å². The molecule has 0 aliphatic carbocycles. The summed E-state index contributed by atoms with van der Waals surface area (Å²) < 4.78 is 22.6. The third-order valence-electron chi connectivity index (χ3n) is 8.01. The Morgan fingerprint density at radius 1 is 0.884 bits per heavy atom. The largest absolute Gasteiger partial charge is 0.464 e. The number of rotatable bonds is 17. The van der Waals surface area contributed by atoms with Crippen LogP contribution in [0.15, 0.2) is 78.9 Å². The van der Waals surface area contributed by atoms with Crippen LogP contribution in [0.5, 0.6) is 5.75 Å². The highest BCUT2D eigenvalue weighted by molar-refractivity contribution is 7.49. The van der Waals surface area contributed by atoms with Crippen molar-refractivity contribution >= 4 is 14.0 Å². The number of unbranched alkanes of at least 4 members (excludes halogenated alkanes) is 2. The minimum Gasteiger partial charge on any atom is -0.464 e. The zero-order valence-corrected chi connectivity index (χ0v) is 27.4. The van der Waals surface area contributed by atoms with Crippen LogP contribution in [-0.2, 0) is 14.9 Å². The van der Waals surface area contributed by atoms with E-state index in [1.54, 1.807) is 0 Å². The number of anilines is 1. The molecule has 3 aromatic carbocycles. The Morgan fingerprint density at radius 2 is 1.53 bits per heavy atom. The average Bonchev–Trinajstić information content (AvgIpc) is 3.05. The quantitative estimate of drug-likeness (QED) is 0.0879. The van der Waals surface area contributed by atoms with Gasteiger partial charge < -0.3 is 18.9 Å². The Labute approximate surface area is 261 Å². The second kappa shape index (κ2) is 16.8. The van der Waals surface area contributed by atoms with Gasteiger partial charge in [-0.25, -0.2) is 0 Å². The molecule has 1 heterocycles. The average molecular weight is 601 g/mol. The standard InChI is InChI=1S/C37H49N2O3P/c1-6-10-11-18-28-38(9-4)33-23-24-35-34(30-33)37(31-19-14-12-15-20-31,32-21-16-13-17-22-32)42-36(41-35)25-29-40-43(5)39(26-7-2)27-8-3/h1,12-17,19-24,30,36H,7-11,18,25-29H2,2-5H3. The molecule has 0 N–H and O–H groups in total. The number of fused-ring (bicyclic) bond motifs is 1. The summed E-state index contributed by atoms with van der Waals surface area (Å²) in [6, 6.07) is 27.7. The van der Waals surface area contributed by atoms with Crippen LogP contribution >= 0.6 is 8.30 Å². The Morgan fingerprint density at radius 3 is 2.12 bits per heavy atom. The van der Waals surface area contributed by atoms with E-state index in [1.807, 2.05) is 0 Å². The van der Waals surface area contributed by atoms with Gasteiger partial charge in [0.15, 0.2) is 5.60 Å². The van der Waals surface area contributed by atoms with E-state index in [4.69, 9.17) is 20.4 Å². The number of nitrogens with zero attached hydrogens (tertiary/aromatic N) is 2. The molecule has 2 unspecified atom stereocenters. The van der Waals surface area contributed by atoms with Gasteiger partial charge in [-0.3, -0.25) is 4.67 Å². The predicted octanol–water partition coefficient (Wildman–Crippen LogP) is 8.81. The molecule has 1 aliphatic heterocycles. The summed E-state index contributed by atoms with van der Waals surface area (Å²) in [6.45, 7) is 13.4. The van der Waals surface area contributed by atoms with Crippen molar-refractivity contribution in [2.75, 3.05) is 44.4 Å². The topological polar surface area (TPSA) is 34.2 Å². The molecule has 0 aromatic heterocycles. The van der Waals surface area contributed by atoms with Crippen LogP contribution in [0.4, 0.5) is 5.69 Å². The summed E-state index contributed by atoms with van der Waals surface area (Å²) >= 11 is 0. The van der Waals surface area contributed by atoms with Crippen molar-refractivity contribution in [3.8, 4) is 18.1 Å². The van der Waals surface area contributed by atoms with Gasteiger partial charge in [-0.2, -0.15) is 0 Å². The zero-order valence-electron chi connectivity index (χ0n) is 26.5. The molecule has 6 heteroatoms. The Kier molecular flexibility index (Phi) is 12.9. The van der Waals surface area contributed by atoms with Crippen molar-refractivity contribution in [1.29, 1.82) is 0 Å². The third-order valence-corrected chi connectivity index (χ3v) is 9.76. The van der Waals surface area contributed by atoms with Crippen LogP contribution in [0, 0.1) is 12.3 Å². The van der Waals surface area contributed by atoms with Crippen molar-refractivity contribution in [2.24, 2.45) is 0 Å². The highest BCUT2D eigenvalue weighted by Gasteiger charge is 2.46. The minimum atomic E-state index is -0.826. The second-order valence-electron chi connectivity index (χ2n) is 11.0. The lowest BCUT2D eigenvalue weighted by Crippen LogP contribution is -2.44. The minimum absolute atomic E-state index is 0.459. The molecule has 2 atom stereocenters. The Balaban J connectivity index is 1.69. The Hall–Kier alpha value is -2.87. The lowest BCUT2D eigenvalue weighted by molar-refractivity contribution is -0.168. The number of hydrogen-bond donors (Lipinski definition) is 0. The van der Waals surface area contributed by atoms with Crippen molar-refractivity contribution in [1.82, 2.24) is 4.67 Å². The molecule has 0 spiro atoms. The molecule has 43 heavy (non-hydrogen) atoms. The van der Waals surface area contributed by atoms with E-state index in [9.17, 15) is 0 Å². The third kappa shape index (κ3) is 8.20. The first kappa shape index (κ1) is 33.0. The normalized spacial score (nSPS) is 16.2. The molecule has 0 radical (unpaired) electrons. The number of terminal acetylenes is 1. The van der Waals surface area contributed by atoms with Crippen molar-refractivity contribution in [2.45, 2.75) is 71.2 Å². The lowest BCUT2D eigenvalue weighted by Gasteiger charge is -2.44. The molecule has 0 saturated carbocycles. The number of benzene rings is 3. The fraction of sp³-hybridized carbons (Fsp3) is 0.459. The molecule has 5 nitrogen and oxygen atoms in total. The SMILES string of the molecule is C#CCCCCN(CC)c1ccc2c(c1)C(c1ccccc1)(c1ccccc1)OC(CCOP(C)N(CCC)CCC)O2. The maximum atomic E-state index is 7.14. The van der Waals surface area contributed by atoms with Crippen LogP contribution in [0.2, 0.25) is 0 Å². The van der Waals surface area contributed by atoms with E-state index >= 15 is 0 Å². The van der Waals surface area contributed by atoms with Crippen LogP contribution < -0.4 is 9.64 Å². The van der Waals surface area contributed by atoms with Gasteiger partial charge in [0.25, 0.3) is 0 Å². The Bertz CT molecular complexity index is 1230. The van der Waals surface area contributed by atoms with Gasteiger partial charge in [0.05, 0.1) is 6.61 Å². The molecule has 0 fully saturated rings. The summed E-state index contributed by atoms with van der Waals surface area (Å²) in [7, 11) is -0.663. The molecule has 3 aromatic rings. The van der Waals surface area contributed by atoms with E-state index in [-0.39, 0.29) is 0 Å². The summed E-state index contributed by atoms with van der Waals surface area (Å²) in [4.78, 5) is 2.42. The maximum absolute atomic E-state index is 7.14. The van der Waals surface area contributed by atoms with Gasteiger partial charge in [0.1, 0.15) is 14.0 Å². The predicted molar refractivity (Wildman–Crippen MR) is 181 cm³/mol. The fourth-order valence-corrected chi connectivity index (χ4v) is 7.36. The first-order valence-corrected chi connectivity index (χ1v) is 17.6. The van der Waals surface area contributed by atoms with Gasteiger partial charge in [-0.1, -0.05) is 74.5 Å². The molecular formula is C37H49N2O3P. The van der Waals surface area contributed by atoms with Gasteiger partial charge >= 0.3 is 0 Å². The molecule has 230 valence electrons. The molecule has 4 rings (SSSR count). The zero-order chi connectivity index (χ0) is 30.5. The van der Waals surface area contributed by atoms with Gasteiger partial charge in [0, 0.05) is 50.3 Å². The first-order valence-electron chi connectivity index (χ1n) is 16.0. The summed E-state index contributed by atoms with van der Waals surface area (Å²) in [5, 5.41) is 0. The second-order valence-corrected chi connectivity index (χ2v) is 12.8. The number of ether oxygens (including phenoxy) is 2. The molecule has 0 amide bonds. The highest BCUT2D eigenvalue weighted by atomic mass is 31.2. The van der Waals surface area contributed by atoms with E-state index < -0.39 is 20.2 Å². The number of hydrogen-bond acceptors (Lipinski definition) is 5. The van der Waals surface area contributed by atoms with Gasteiger partial charge in [-0.15, -0.1) is 12.3 Å². The van der Waals surface area contributed by atoms with Gasteiger partial charge in [-0.05, 0) is 68.6 Å². The van der Waals surface area contributed by atoms with Crippen molar-refractivity contribution < 1.29 is 14.0 Å². The van der Waals surface area contributed by atoms with E-state index in [0.29, 0.717) is 13.0 Å². The maximum Gasteiger partial charge on any atom is 0.203 e. The molecule has 1 aliphatic rings. The van der Waals surface area contributed by atoms with Crippen molar-refractivity contribution in [3.05, 3.63) is 95.6 Å². The monoisotopic (exact) mass is 600 g/mol. The first-order chi connectivity index (χ1) is 21.1.